The standard InChI is InChI=1S/C4H8N3O2PS/c1-8-10(11,9-2)4-3-5-7-6-4/h3H,1-2H3,(H,5,6,7). The Labute approximate surface area is 69.3 Å². The molecule has 1 aromatic rings. The third-order valence-corrected chi connectivity index (χ3v) is 4.36. The van der Waals surface area contributed by atoms with Gasteiger partial charge in [0.25, 0.3) is 0 Å². The molecule has 1 heterocycles. The smallest absolute Gasteiger partial charge is 0.241 e. The molecule has 0 aliphatic carbocycles. The topological polar surface area (TPSA) is 60.0 Å². The van der Waals surface area contributed by atoms with Gasteiger partial charge in [-0.2, -0.15) is 0 Å². The molecule has 0 amide bonds. The molecule has 0 atom stereocenters. The van der Waals surface area contributed by atoms with Crippen LogP contribution in [0.15, 0.2) is 6.20 Å². The van der Waals surface area contributed by atoms with E-state index in [2.05, 4.69) is 15.4 Å². The Balaban J connectivity index is 2.97. The fourth-order valence-corrected chi connectivity index (χ4v) is 1.75. The molecule has 0 fully saturated rings. The first-order valence-corrected chi connectivity index (χ1v) is 5.45. The molecule has 0 aromatic carbocycles. The van der Waals surface area contributed by atoms with E-state index in [0.717, 1.165) is 0 Å². The van der Waals surface area contributed by atoms with Crippen molar-refractivity contribution >= 4 is 23.7 Å². The number of aromatic amines is 1. The molecule has 0 radical (unpaired) electrons. The Hall–Kier alpha value is -0.290. The molecule has 0 saturated heterocycles. The zero-order valence-electron chi connectivity index (χ0n) is 6.14. The van der Waals surface area contributed by atoms with Gasteiger partial charge in [-0.05, 0) is 11.8 Å². The van der Waals surface area contributed by atoms with E-state index in [1.165, 1.54) is 14.2 Å². The fourth-order valence-electron chi connectivity index (χ4n) is 0.591. The van der Waals surface area contributed by atoms with Crippen LogP contribution in [-0.2, 0) is 20.9 Å². The summed E-state index contributed by atoms with van der Waals surface area (Å²) in [6.45, 7) is -2.36. The Bertz CT molecular complexity index is 254. The zero-order valence-corrected chi connectivity index (χ0v) is 7.85. The molecular weight excluding hydrogens is 185 g/mol. The zero-order chi connectivity index (χ0) is 8.32. The lowest BCUT2D eigenvalue weighted by Gasteiger charge is -2.13. The molecular formula is C4H8N3O2PS. The molecule has 1 rings (SSSR count). The molecule has 0 unspecified atom stereocenters. The molecule has 0 aliphatic rings. The molecule has 0 bridgehead atoms. The van der Waals surface area contributed by atoms with Crippen LogP contribution in [0.3, 0.4) is 0 Å². The second-order valence-electron chi connectivity index (χ2n) is 1.69. The van der Waals surface area contributed by atoms with E-state index < -0.39 is 6.49 Å². The van der Waals surface area contributed by atoms with Crippen molar-refractivity contribution in [3.8, 4) is 0 Å². The highest BCUT2D eigenvalue weighted by molar-refractivity contribution is 8.13. The first-order chi connectivity index (χ1) is 5.23. The average Bonchev–Trinajstić information content (AvgIpc) is 2.55. The lowest BCUT2D eigenvalue weighted by atomic mass is 11.0. The Morgan fingerprint density at radius 3 is 2.55 bits per heavy atom. The second-order valence-corrected chi connectivity index (χ2v) is 5.32. The van der Waals surface area contributed by atoms with E-state index in [0.29, 0.717) is 5.44 Å². The van der Waals surface area contributed by atoms with Crippen molar-refractivity contribution < 1.29 is 9.05 Å². The van der Waals surface area contributed by atoms with Gasteiger partial charge in [0.15, 0.2) is 5.44 Å². The van der Waals surface area contributed by atoms with E-state index in [-0.39, 0.29) is 0 Å². The summed E-state index contributed by atoms with van der Waals surface area (Å²) < 4.78 is 10.0. The van der Waals surface area contributed by atoms with Gasteiger partial charge in [0.2, 0.25) is 6.49 Å². The predicted molar refractivity (Wildman–Crippen MR) is 44.3 cm³/mol. The number of H-pyrrole nitrogens is 1. The van der Waals surface area contributed by atoms with Crippen LogP contribution in [0.5, 0.6) is 0 Å². The lowest BCUT2D eigenvalue weighted by molar-refractivity contribution is 0.346. The van der Waals surface area contributed by atoms with Gasteiger partial charge in [0.1, 0.15) is 0 Å². The van der Waals surface area contributed by atoms with Crippen LogP contribution in [0.4, 0.5) is 0 Å². The molecule has 62 valence electrons. The van der Waals surface area contributed by atoms with E-state index in [1.54, 1.807) is 6.20 Å². The van der Waals surface area contributed by atoms with Crippen LogP contribution in [0, 0.1) is 0 Å². The van der Waals surface area contributed by atoms with Gasteiger partial charge in [-0.1, -0.05) is 5.21 Å². The van der Waals surface area contributed by atoms with Crippen molar-refractivity contribution in [2.75, 3.05) is 14.2 Å². The van der Waals surface area contributed by atoms with Gasteiger partial charge in [0.05, 0.1) is 6.20 Å². The number of nitrogens with one attached hydrogen (secondary N) is 1. The van der Waals surface area contributed by atoms with Crippen LogP contribution < -0.4 is 5.44 Å². The second kappa shape index (κ2) is 3.40. The van der Waals surface area contributed by atoms with Gasteiger partial charge in [-0.15, -0.1) is 5.10 Å². The number of aromatic nitrogens is 3. The van der Waals surface area contributed by atoms with Crippen LogP contribution in [-0.4, -0.2) is 29.6 Å². The van der Waals surface area contributed by atoms with E-state index >= 15 is 0 Å². The summed E-state index contributed by atoms with van der Waals surface area (Å²) in [5, 5.41) is 9.77. The summed E-state index contributed by atoms with van der Waals surface area (Å²) in [6.07, 6.45) is 1.58. The molecule has 0 saturated carbocycles. The quantitative estimate of drug-likeness (QED) is 0.686. The molecule has 0 spiro atoms. The highest BCUT2D eigenvalue weighted by Crippen LogP contribution is 2.44. The molecule has 0 aliphatic heterocycles. The highest BCUT2D eigenvalue weighted by atomic mass is 32.5. The monoisotopic (exact) mass is 193 g/mol. The van der Waals surface area contributed by atoms with Crippen molar-refractivity contribution in [3.05, 3.63) is 6.20 Å². The van der Waals surface area contributed by atoms with Gasteiger partial charge in [-0.25, -0.2) is 0 Å². The van der Waals surface area contributed by atoms with Gasteiger partial charge >= 0.3 is 0 Å². The summed E-state index contributed by atoms with van der Waals surface area (Å²) in [4.78, 5) is 0. The molecule has 7 heteroatoms. The van der Waals surface area contributed by atoms with Crippen LogP contribution >= 0.6 is 6.49 Å². The summed E-state index contributed by atoms with van der Waals surface area (Å²) in [5.74, 6) is 0. The number of hydrogen-bond acceptors (Lipinski definition) is 5. The minimum Gasteiger partial charge on any atom is -0.328 e. The molecule has 1 N–H and O–H groups in total. The van der Waals surface area contributed by atoms with Crippen molar-refractivity contribution in [3.63, 3.8) is 0 Å². The SMILES string of the molecule is COP(=S)(OC)c1c[nH]nn1. The Morgan fingerprint density at radius 1 is 1.55 bits per heavy atom. The minimum absolute atomic E-state index is 0.553. The number of rotatable bonds is 3. The van der Waals surface area contributed by atoms with Gasteiger partial charge in [-0.3, -0.25) is 5.10 Å². The summed E-state index contributed by atoms with van der Waals surface area (Å²) >= 11 is 5.07. The largest absolute Gasteiger partial charge is 0.328 e. The highest BCUT2D eigenvalue weighted by Gasteiger charge is 2.21. The van der Waals surface area contributed by atoms with E-state index in [1.807, 2.05) is 0 Å². The van der Waals surface area contributed by atoms with Gasteiger partial charge in [0, 0.05) is 14.2 Å². The molecule has 5 nitrogen and oxygen atoms in total. The lowest BCUT2D eigenvalue weighted by Crippen LogP contribution is -2.08. The maximum absolute atomic E-state index is 5.07. The maximum atomic E-state index is 5.07. The van der Waals surface area contributed by atoms with Crippen molar-refractivity contribution in [1.29, 1.82) is 0 Å². The third-order valence-electron chi connectivity index (χ3n) is 1.17. The third kappa shape index (κ3) is 1.65. The summed E-state index contributed by atoms with van der Waals surface area (Å²) in [6, 6.07) is 0. The normalized spacial score (nSPS) is 11.8. The molecule has 11 heavy (non-hydrogen) atoms. The fraction of sp³-hybridized carbons (Fsp3) is 0.500. The minimum atomic E-state index is -2.36. The van der Waals surface area contributed by atoms with Crippen molar-refractivity contribution in [2.45, 2.75) is 0 Å². The number of nitrogens with zero attached hydrogens (tertiary/aromatic N) is 2. The predicted octanol–water partition coefficient (Wildman–Crippen LogP) is 0.0323. The van der Waals surface area contributed by atoms with Crippen LogP contribution in [0.2, 0.25) is 0 Å². The summed E-state index contributed by atoms with van der Waals surface area (Å²) in [7, 11) is 3.00. The average molecular weight is 193 g/mol. The van der Waals surface area contributed by atoms with Gasteiger partial charge < -0.3 is 9.05 Å². The van der Waals surface area contributed by atoms with Crippen molar-refractivity contribution in [1.82, 2.24) is 15.4 Å². The first-order valence-electron chi connectivity index (χ1n) is 2.81. The Morgan fingerprint density at radius 2 is 2.18 bits per heavy atom. The van der Waals surface area contributed by atoms with Crippen molar-refractivity contribution in [2.24, 2.45) is 0 Å². The molecule has 1 aromatic heterocycles. The maximum Gasteiger partial charge on any atom is 0.241 e. The number of hydrogen-bond donors (Lipinski definition) is 1. The summed E-state index contributed by atoms with van der Waals surface area (Å²) in [5.41, 5.74) is 0.553. The van der Waals surface area contributed by atoms with E-state index in [4.69, 9.17) is 20.9 Å². The van der Waals surface area contributed by atoms with E-state index in [9.17, 15) is 0 Å². The van der Waals surface area contributed by atoms with Crippen LogP contribution in [0.25, 0.3) is 0 Å². The van der Waals surface area contributed by atoms with Crippen LogP contribution in [0.1, 0.15) is 0 Å². The Kier molecular flexibility index (Phi) is 2.72. The first kappa shape index (κ1) is 8.80.